The van der Waals surface area contributed by atoms with E-state index in [1.54, 1.807) is 23.0 Å². The fourth-order valence-corrected chi connectivity index (χ4v) is 5.88. The molecule has 2 amide bonds. The van der Waals surface area contributed by atoms with Gasteiger partial charge in [0.05, 0.1) is 11.2 Å². The predicted molar refractivity (Wildman–Crippen MR) is 126 cm³/mol. The molecular formula is C19H18N6O5S3. The maximum Gasteiger partial charge on any atom is 0.352 e. The van der Waals surface area contributed by atoms with Crippen molar-refractivity contribution in [2.75, 3.05) is 18.6 Å². The van der Waals surface area contributed by atoms with E-state index in [1.807, 2.05) is 6.92 Å². The number of aryl methyl sites for hydroxylation is 1. The van der Waals surface area contributed by atoms with Crippen LogP contribution in [0.15, 0.2) is 33.4 Å². The zero-order valence-electron chi connectivity index (χ0n) is 17.3. The number of fused-ring (bicyclic) bond motifs is 1. The standard InChI is InChI=1S/C19H18N6O5S3/c1-8-11(33-7-21-8)4-3-9-5-31-17-13(16(27)25(17)14(9)18(28)29)23-15(26)12(24-30-2)10-6-32-19(20)22-10/h3-4,6-7,13,17H,5H2,1-2H3,(H2,20,22)(H,23,26)(H,28,29)/b4-3+,24-12+/t13-,17-/m1/s1. The molecule has 4 heterocycles. The van der Waals surface area contributed by atoms with Crippen LogP contribution in [0.4, 0.5) is 5.13 Å². The van der Waals surface area contributed by atoms with Crippen molar-refractivity contribution in [3.63, 3.8) is 0 Å². The van der Waals surface area contributed by atoms with Crippen LogP contribution in [0.25, 0.3) is 6.08 Å². The highest BCUT2D eigenvalue weighted by molar-refractivity contribution is 8.00. The number of amides is 2. The number of hydrogen-bond donors (Lipinski definition) is 3. The van der Waals surface area contributed by atoms with Gasteiger partial charge in [-0.25, -0.2) is 14.8 Å². The lowest BCUT2D eigenvalue weighted by molar-refractivity contribution is -0.150. The van der Waals surface area contributed by atoms with Crippen LogP contribution in [-0.2, 0) is 19.2 Å². The van der Waals surface area contributed by atoms with E-state index in [1.165, 1.54) is 35.1 Å². The molecule has 0 spiro atoms. The van der Waals surface area contributed by atoms with Gasteiger partial charge in [-0.15, -0.1) is 34.4 Å². The molecule has 0 radical (unpaired) electrons. The van der Waals surface area contributed by atoms with Crippen LogP contribution in [0.3, 0.4) is 0 Å². The Bertz CT molecular complexity index is 1220. The number of carboxylic acids is 1. The number of nitrogens with two attached hydrogens (primary N) is 1. The quantitative estimate of drug-likeness (QED) is 0.286. The molecule has 172 valence electrons. The third-order valence-electron chi connectivity index (χ3n) is 4.87. The largest absolute Gasteiger partial charge is 0.477 e. The summed E-state index contributed by atoms with van der Waals surface area (Å²) < 4.78 is 0. The first-order chi connectivity index (χ1) is 15.8. The second-order valence-electron chi connectivity index (χ2n) is 6.87. The summed E-state index contributed by atoms with van der Waals surface area (Å²) >= 11 is 3.94. The zero-order chi connectivity index (χ0) is 23.7. The summed E-state index contributed by atoms with van der Waals surface area (Å²) in [5.74, 6) is -2.04. The van der Waals surface area contributed by atoms with Crippen molar-refractivity contribution in [1.82, 2.24) is 20.2 Å². The Morgan fingerprint density at radius 3 is 2.79 bits per heavy atom. The zero-order valence-corrected chi connectivity index (χ0v) is 19.8. The number of rotatable bonds is 7. The number of thiazole rings is 2. The topological polar surface area (TPSA) is 160 Å². The normalized spacial score (nSPS) is 20.6. The minimum atomic E-state index is -1.21. The van der Waals surface area contributed by atoms with Crippen LogP contribution in [0.1, 0.15) is 16.3 Å². The van der Waals surface area contributed by atoms with Crippen molar-refractivity contribution in [2.24, 2.45) is 5.16 Å². The SMILES string of the molecule is CO/N=C(/C(=O)N[C@@H]1C(=O)N2C(C(=O)O)=C(/C=C/c3scnc3C)CS[C@H]12)c1csc(N)n1. The third kappa shape index (κ3) is 4.36. The van der Waals surface area contributed by atoms with Crippen LogP contribution < -0.4 is 11.1 Å². The molecule has 1 saturated heterocycles. The lowest BCUT2D eigenvalue weighted by Crippen LogP contribution is -2.71. The average molecular weight is 507 g/mol. The van der Waals surface area contributed by atoms with Gasteiger partial charge in [0.1, 0.15) is 29.9 Å². The van der Waals surface area contributed by atoms with E-state index in [2.05, 4.69) is 20.4 Å². The van der Waals surface area contributed by atoms with Gasteiger partial charge < -0.3 is 21.0 Å². The smallest absolute Gasteiger partial charge is 0.352 e. The number of nitrogen functional groups attached to an aromatic ring is 1. The van der Waals surface area contributed by atoms with Crippen LogP contribution in [0.5, 0.6) is 0 Å². The van der Waals surface area contributed by atoms with E-state index < -0.39 is 29.2 Å². The van der Waals surface area contributed by atoms with Gasteiger partial charge in [-0.3, -0.25) is 14.5 Å². The van der Waals surface area contributed by atoms with Gasteiger partial charge in [0.2, 0.25) is 0 Å². The summed E-state index contributed by atoms with van der Waals surface area (Å²) in [6.45, 7) is 1.86. The third-order valence-corrected chi connectivity index (χ3v) is 7.74. The summed E-state index contributed by atoms with van der Waals surface area (Å²) in [7, 11) is 1.28. The second-order valence-corrected chi connectivity index (χ2v) is 9.75. The lowest BCUT2D eigenvalue weighted by Gasteiger charge is -2.49. The van der Waals surface area contributed by atoms with E-state index in [9.17, 15) is 19.5 Å². The van der Waals surface area contributed by atoms with Crippen LogP contribution in [0.2, 0.25) is 0 Å². The number of β-lactam (4-membered cyclic amide) rings is 1. The number of allylic oxidation sites excluding steroid dienone is 1. The Morgan fingerprint density at radius 1 is 1.39 bits per heavy atom. The first-order valence-electron chi connectivity index (χ1n) is 9.44. The van der Waals surface area contributed by atoms with Gasteiger partial charge in [-0.1, -0.05) is 11.2 Å². The Morgan fingerprint density at radius 2 is 2.18 bits per heavy atom. The van der Waals surface area contributed by atoms with E-state index in [0.717, 1.165) is 21.9 Å². The summed E-state index contributed by atoms with van der Waals surface area (Å²) in [5, 5.41) is 17.4. The number of hydrogen-bond acceptors (Lipinski definition) is 11. The fourth-order valence-electron chi connectivity index (χ4n) is 3.32. The first kappa shape index (κ1) is 22.9. The molecule has 0 aromatic carbocycles. The number of thioether (sulfide) groups is 1. The summed E-state index contributed by atoms with van der Waals surface area (Å²) in [6.07, 6.45) is 3.49. The molecule has 14 heteroatoms. The van der Waals surface area contributed by atoms with E-state index in [4.69, 9.17) is 10.6 Å². The van der Waals surface area contributed by atoms with Gasteiger partial charge in [-0.2, -0.15) is 0 Å². The number of oxime groups is 1. The van der Waals surface area contributed by atoms with Gasteiger partial charge in [0, 0.05) is 16.0 Å². The number of aliphatic carboxylic acids is 1. The average Bonchev–Trinajstić information content (AvgIpc) is 3.40. The first-order valence-corrected chi connectivity index (χ1v) is 12.2. The highest BCUT2D eigenvalue weighted by Crippen LogP contribution is 2.41. The Balaban J connectivity index is 1.54. The minimum absolute atomic E-state index is 0.0919. The molecule has 0 aliphatic carbocycles. The molecule has 2 aromatic heterocycles. The molecule has 0 bridgehead atoms. The monoisotopic (exact) mass is 506 g/mol. The van der Waals surface area contributed by atoms with Crippen molar-refractivity contribution in [1.29, 1.82) is 0 Å². The molecule has 2 aliphatic rings. The van der Waals surface area contributed by atoms with Gasteiger partial charge in [0.25, 0.3) is 11.8 Å². The highest BCUT2D eigenvalue weighted by atomic mass is 32.2. The lowest BCUT2D eigenvalue weighted by atomic mass is 10.0. The molecule has 2 aliphatic heterocycles. The molecule has 2 aromatic rings. The molecule has 1 fully saturated rings. The number of carbonyl (C=O) groups excluding carboxylic acids is 2. The molecule has 4 rings (SSSR count). The maximum atomic E-state index is 12.9. The van der Waals surface area contributed by atoms with Crippen LogP contribution in [-0.4, -0.2) is 67.7 Å². The second kappa shape index (κ2) is 9.33. The van der Waals surface area contributed by atoms with Crippen molar-refractivity contribution in [3.8, 4) is 0 Å². The number of nitrogens with one attached hydrogen (secondary N) is 1. The fraction of sp³-hybridized carbons (Fsp3) is 0.263. The maximum absolute atomic E-state index is 12.9. The molecule has 11 nitrogen and oxygen atoms in total. The van der Waals surface area contributed by atoms with E-state index in [-0.39, 0.29) is 22.2 Å². The van der Waals surface area contributed by atoms with Gasteiger partial charge in [-0.05, 0) is 18.6 Å². The van der Waals surface area contributed by atoms with E-state index in [0.29, 0.717) is 11.3 Å². The van der Waals surface area contributed by atoms with Gasteiger partial charge in [0.15, 0.2) is 10.8 Å². The Hall–Kier alpha value is -3.23. The molecular weight excluding hydrogens is 488 g/mol. The highest BCUT2D eigenvalue weighted by Gasteiger charge is 2.54. The van der Waals surface area contributed by atoms with Gasteiger partial charge >= 0.3 is 5.97 Å². The predicted octanol–water partition coefficient (Wildman–Crippen LogP) is 1.29. The van der Waals surface area contributed by atoms with Crippen LogP contribution in [0, 0.1) is 6.92 Å². The number of anilines is 1. The van der Waals surface area contributed by atoms with E-state index >= 15 is 0 Å². The molecule has 0 saturated carbocycles. The number of aromatic nitrogens is 2. The molecule has 0 unspecified atom stereocenters. The summed E-state index contributed by atoms with van der Waals surface area (Å²) in [5.41, 5.74) is 8.68. The minimum Gasteiger partial charge on any atom is -0.477 e. The van der Waals surface area contributed by atoms with Crippen molar-refractivity contribution in [3.05, 3.63) is 44.5 Å². The number of carboxylic acid groups (broad SMARTS) is 1. The van der Waals surface area contributed by atoms with Crippen molar-refractivity contribution in [2.45, 2.75) is 18.3 Å². The van der Waals surface area contributed by atoms with Crippen molar-refractivity contribution < 1.29 is 24.3 Å². The summed E-state index contributed by atoms with van der Waals surface area (Å²) in [4.78, 5) is 52.7. The van der Waals surface area contributed by atoms with Crippen molar-refractivity contribution >= 4 is 69.1 Å². The molecule has 33 heavy (non-hydrogen) atoms. The molecule has 2 atom stereocenters. The number of nitrogens with zero attached hydrogens (tertiary/aromatic N) is 4. The Labute approximate surface area is 200 Å². The summed E-state index contributed by atoms with van der Waals surface area (Å²) in [6, 6.07) is -0.913. The Kier molecular flexibility index (Phi) is 6.49. The molecule has 4 N–H and O–H groups in total. The van der Waals surface area contributed by atoms with Crippen LogP contribution >= 0.6 is 34.4 Å². The number of carbonyl (C=O) groups is 3.